The largest absolute Gasteiger partial charge is 0.472 e. The summed E-state index contributed by atoms with van der Waals surface area (Å²) in [5.41, 5.74) is 6.60. The Bertz CT molecular complexity index is 1100. The highest BCUT2D eigenvalue weighted by Gasteiger charge is 2.20. The summed E-state index contributed by atoms with van der Waals surface area (Å²) in [5, 5.41) is 12.0. The van der Waals surface area contributed by atoms with Crippen molar-refractivity contribution in [2.45, 2.75) is 20.4 Å². The summed E-state index contributed by atoms with van der Waals surface area (Å²) in [6.45, 7) is 4.14. The zero-order chi connectivity index (χ0) is 19.0. The summed E-state index contributed by atoms with van der Waals surface area (Å²) >= 11 is 0. The van der Waals surface area contributed by atoms with Crippen molar-refractivity contribution in [2.24, 2.45) is 4.99 Å². The first-order valence-corrected chi connectivity index (χ1v) is 8.47. The third-order valence-corrected chi connectivity index (χ3v) is 4.57. The average Bonchev–Trinajstić information content (AvgIpc) is 3.30. The molecule has 132 valence electrons. The van der Waals surface area contributed by atoms with Crippen molar-refractivity contribution in [1.82, 2.24) is 4.98 Å². The maximum atomic E-state index is 12.6. The first-order chi connectivity index (χ1) is 13.1. The van der Waals surface area contributed by atoms with Gasteiger partial charge in [-0.1, -0.05) is 6.07 Å². The van der Waals surface area contributed by atoms with E-state index < -0.39 is 0 Å². The topological polar surface area (TPSA) is 91.3 Å². The number of fused-ring (bicyclic) bond motifs is 1. The monoisotopic (exact) mass is 356 g/mol. The Morgan fingerprint density at radius 1 is 1.26 bits per heavy atom. The maximum Gasteiger partial charge on any atom is 0.274 e. The number of nitriles is 1. The molecule has 1 amide bonds. The van der Waals surface area contributed by atoms with Gasteiger partial charge in [0.1, 0.15) is 11.8 Å². The Hall–Kier alpha value is -3.72. The minimum absolute atomic E-state index is 0.285. The number of aryl methyl sites for hydroxylation is 2. The number of anilines is 1. The fraction of sp³-hybridized carbons (Fsp3) is 0.143. The Kier molecular flexibility index (Phi) is 4.05. The second-order valence-electron chi connectivity index (χ2n) is 6.40. The number of hydrogen-bond acceptors (Lipinski definition) is 5. The highest BCUT2D eigenvalue weighted by atomic mass is 16.3. The van der Waals surface area contributed by atoms with Crippen LogP contribution in [0.2, 0.25) is 0 Å². The smallest absolute Gasteiger partial charge is 0.274 e. The zero-order valence-electron chi connectivity index (χ0n) is 14.9. The molecular weight excluding hydrogens is 340 g/mol. The van der Waals surface area contributed by atoms with Crippen LogP contribution < -0.4 is 5.32 Å². The number of hydrogen-bond donors (Lipinski definition) is 1. The molecule has 0 fully saturated rings. The molecule has 0 spiro atoms. The lowest BCUT2D eigenvalue weighted by Gasteiger charge is -2.10. The molecule has 1 N–H and O–H groups in total. The maximum absolute atomic E-state index is 12.6. The number of benzene rings is 1. The van der Waals surface area contributed by atoms with E-state index in [9.17, 15) is 4.79 Å². The average molecular weight is 356 g/mol. The number of pyridine rings is 1. The van der Waals surface area contributed by atoms with E-state index in [4.69, 9.17) is 9.68 Å². The first-order valence-electron chi connectivity index (χ1n) is 8.47. The summed E-state index contributed by atoms with van der Waals surface area (Å²) in [7, 11) is 0. The van der Waals surface area contributed by atoms with Crippen LogP contribution >= 0.6 is 0 Å². The van der Waals surface area contributed by atoms with Gasteiger partial charge in [-0.05, 0) is 49.2 Å². The summed E-state index contributed by atoms with van der Waals surface area (Å²) < 4.78 is 5.15. The number of carbonyl (C=O) groups excluding carboxylic acids is 1. The van der Waals surface area contributed by atoms with Gasteiger partial charge < -0.3 is 9.73 Å². The van der Waals surface area contributed by atoms with Crippen LogP contribution in [0.15, 0.2) is 52.3 Å². The molecule has 27 heavy (non-hydrogen) atoms. The fourth-order valence-corrected chi connectivity index (χ4v) is 3.22. The van der Waals surface area contributed by atoms with E-state index in [1.165, 1.54) is 0 Å². The predicted octanol–water partition coefficient (Wildman–Crippen LogP) is 3.77. The van der Waals surface area contributed by atoms with Crippen molar-refractivity contribution >= 4 is 17.3 Å². The molecule has 1 aliphatic rings. The van der Waals surface area contributed by atoms with Gasteiger partial charge in [-0.3, -0.25) is 9.79 Å². The number of rotatable bonds is 3. The molecular formula is C21H16N4O2. The Balaban J connectivity index is 1.61. The molecule has 0 saturated heterocycles. The van der Waals surface area contributed by atoms with Gasteiger partial charge in [-0.2, -0.15) is 5.26 Å². The third-order valence-electron chi connectivity index (χ3n) is 4.57. The molecule has 0 saturated carbocycles. The Morgan fingerprint density at radius 2 is 2.11 bits per heavy atom. The standard InChI is InChI=1S/C21H16N4O2/c1-12-7-19(24-13(2)18(12)9-22)21(26)25-16-4-3-14-10-23-20(17(14)8-16)15-5-6-27-11-15/h3-8,11H,10H2,1-2H3,(H,25,26). The van der Waals surface area contributed by atoms with Gasteiger partial charge in [-0.25, -0.2) is 4.98 Å². The molecule has 0 unspecified atom stereocenters. The first kappa shape index (κ1) is 16.7. The van der Waals surface area contributed by atoms with Crippen LogP contribution in [-0.2, 0) is 6.54 Å². The zero-order valence-corrected chi connectivity index (χ0v) is 14.9. The Labute approximate surface area is 156 Å². The van der Waals surface area contributed by atoms with Crippen LogP contribution in [0.5, 0.6) is 0 Å². The minimum atomic E-state index is -0.314. The summed E-state index contributed by atoms with van der Waals surface area (Å²) in [4.78, 5) is 21.5. The second-order valence-corrected chi connectivity index (χ2v) is 6.40. The number of nitrogens with zero attached hydrogens (tertiary/aromatic N) is 3. The van der Waals surface area contributed by atoms with E-state index >= 15 is 0 Å². The van der Waals surface area contributed by atoms with Gasteiger partial charge in [0.25, 0.3) is 5.91 Å². The van der Waals surface area contributed by atoms with Crippen molar-refractivity contribution in [3.63, 3.8) is 0 Å². The molecule has 0 radical (unpaired) electrons. The van der Waals surface area contributed by atoms with Crippen molar-refractivity contribution in [3.05, 3.63) is 82.1 Å². The van der Waals surface area contributed by atoms with E-state index in [-0.39, 0.29) is 11.6 Å². The molecule has 1 aliphatic heterocycles. The number of aromatic nitrogens is 1. The highest BCUT2D eigenvalue weighted by Crippen LogP contribution is 2.26. The van der Waals surface area contributed by atoms with Crippen LogP contribution in [0.1, 0.15) is 44.0 Å². The summed E-state index contributed by atoms with van der Waals surface area (Å²) in [6.07, 6.45) is 3.27. The van der Waals surface area contributed by atoms with E-state index in [1.54, 1.807) is 32.4 Å². The number of nitrogens with one attached hydrogen (secondary N) is 1. The molecule has 0 aliphatic carbocycles. The van der Waals surface area contributed by atoms with Gasteiger partial charge in [0.15, 0.2) is 0 Å². The van der Waals surface area contributed by atoms with Crippen molar-refractivity contribution in [3.8, 4) is 6.07 Å². The van der Waals surface area contributed by atoms with Gasteiger partial charge in [-0.15, -0.1) is 0 Å². The number of amides is 1. The van der Waals surface area contributed by atoms with Crippen LogP contribution in [-0.4, -0.2) is 16.6 Å². The van der Waals surface area contributed by atoms with E-state index in [1.807, 2.05) is 24.3 Å². The number of carbonyl (C=O) groups is 1. The Morgan fingerprint density at radius 3 is 2.81 bits per heavy atom. The van der Waals surface area contributed by atoms with Crippen molar-refractivity contribution in [1.29, 1.82) is 5.26 Å². The van der Waals surface area contributed by atoms with E-state index in [2.05, 4.69) is 21.4 Å². The minimum Gasteiger partial charge on any atom is -0.472 e. The molecule has 0 bridgehead atoms. The lowest BCUT2D eigenvalue weighted by molar-refractivity contribution is 0.102. The molecule has 2 aromatic heterocycles. The predicted molar refractivity (Wildman–Crippen MR) is 101 cm³/mol. The molecule has 3 aromatic rings. The highest BCUT2D eigenvalue weighted by molar-refractivity contribution is 6.15. The van der Waals surface area contributed by atoms with Crippen LogP contribution in [0.25, 0.3) is 0 Å². The summed E-state index contributed by atoms with van der Waals surface area (Å²) in [5.74, 6) is -0.314. The SMILES string of the molecule is Cc1cc(C(=O)Nc2ccc3c(c2)C(c2ccoc2)=NC3)nc(C)c1C#N. The quantitative estimate of drug-likeness (QED) is 0.773. The molecule has 6 nitrogen and oxygen atoms in total. The van der Waals surface area contributed by atoms with Gasteiger partial charge in [0.2, 0.25) is 0 Å². The van der Waals surface area contributed by atoms with Crippen molar-refractivity contribution in [2.75, 3.05) is 5.32 Å². The van der Waals surface area contributed by atoms with Gasteiger partial charge in [0.05, 0.1) is 36.0 Å². The summed E-state index contributed by atoms with van der Waals surface area (Å²) in [6, 6.07) is 11.3. The number of furan rings is 1. The van der Waals surface area contributed by atoms with Crippen LogP contribution in [0, 0.1) is 25.2 Å². The van der Waals surface area contributed by atoms with Crippen LogP contribution in [0.4, 0.5) is 5.69 Å². The van der Waals surface area contributed by atoms with Crippen molar-refractivity contribution < 1.29 is 9.21 Å². The fourth-order valence-electron chi connectivity index (χ4n) is 3.22. The molecule has 3 heterocycles. The third kappa shape index (κ3) is 3.00. The van der Waals surface area contributed by atoms with Crippen LogP contribution in [0.3, 0.4) is 0 Å². The molecule has 1 aromatic carbocycles. The lowest BCUT2D eigenvalue weighted by atomic mass is 10.0. The molecule has 4 rings (SSSR count). The van der Waals surface area contributed by atoms with Gasteiger partial charge in [0, 0.05) is 16.8 Å². The van der Waals surface area contributed by atoms with Gasteiger partial charge >= 0.3 is 0 Å². The number of aliphatic imine (C=N–C) groups is 1. The molecule has 0 atom stereocenters. The molecule has 6 heteroatoms. The second kappa shape index (κ2) is 6.54. The lowest BCUT2D eigenvalue weighted by Crippen LogP contribution is -2.15. The normalized spacial score (nSPS) is 12.3. The van der Waals surface area contributed by atoms with E-state index in [0.717, 1.165) is 28.0 Å². The van der Waals surface area contributed by atoms with E-state index in [0.29, 0.717) is 23.5 Å².